The number of nitrogens with zero attached hydrogens (tertiary/aromatic N) is 1. The first-order chi connectivity index (χ1) is 8.66. The molecule has 1 heterocycles. The third kappa shape index (κ3) is 2.91. The van der Waals surface area contributed by atoms with Gasteiger partial charge in [0.15, 0.2) is 0 Å². The quantitative estimate of drug-likeness (QED) is 0.901. The molecule has 0 radical (unpaired) electrons. The van der Waals surface area contributed by atoms with Gasteiger partial charge in [-0.2, -0.15) is 0 Å². The lowest BCUT2D eigenvalue weighted by molar-refractivity contribution is 0.0945. The second-order valence-electron chi connectivity index (χ2n) is 3.94. The summed E-state index contributed by atoms with van der Waals surface area (Å²) in [6, 6.07) is 11.6. The van der Waals surface area contributed by atoms with E-state index in [0.29, 0.717) is 11.3 Å². The number of nitrogens with one attached hydrogen (secondary N) is 1. The van der Waals surface area contributed by atoms with Crippen LogP contribution in [0.15, 0.2) is 42.5 Å². The zero-order valence-corrected chi connectivity index (χ0v) is 9.98. The van der Waals surface area contributed by atoms with E-state index < -0.39 is 0 Å². The minimum Gasteiger partial charge on any atom is -0.347 e. The van der Waals surface area contributed by atoms with Crippen molar-refractivity contribution in [2.24, 2.45) is 0 Å². The lowest BCUT2D eigenvalue weighted by Gasteiger charge is -2.06. The lowest BCUT2D eigenvalue weighted by Crippen LogP contribution is -2.24. The van der Waals surface area contributed by atoms with Crippen LogP contribution in [0.4, 0.5) is 4.39 Å². The predicted octanol–water partition coefficient (Wildman–Crippen LogP) is 2.46. The average molecular weight is 244 g/mol. The van der Waals surface area contributed by atoms with Gasteiger partial charge in [0.2, 0.25) is 0 Å². The van der Waals surface area contributed by atoms with E-state index in [1.54, 1.807) is 30.3 Å². The Morgan fingerprint density at radius 2 is 2.00 bits per heavy atom. The van der Waals surface area contributed by atoms with Gasteiger partial charge in [-0.3, -0.25) is 4.79 Å². The van der Waals surface area contributed by atoms with Crippen LogP contribution < -0.4 is 5.32 Å². The van der Waals surface area contributed by atoms with E-state index in [4.69, 9.17) is 0 Å². The summed E-state index contributed by atoms with van der Waals surface area (Å²) in [6.45, 7) is 1.97. The summed E-state index contributed by atoms with van der Waals surface area (Å²) < 4.78 is 13.3. The molecule has 1 N–H and O–H groups in total. The van der Waals surface area contributed by atoms with E-state index in [9.17, 15) is 9.18 Å². The number of carbonyl (C=O) groups excluding carboxylic acids is 1. The van der Waals surface area contributed by atoms with Crippen molar-refractivity contribution in [2.45, 2.75) is 13.5 Å². The maximum absolute atomic E-state index is 13.3. The Bertz CT molecular complexity index is 569. The molecule has 0 aliphatic carbocycles. The summed E-state index contributed by atoms with van der Waals surface area (Å²) in [4.78, 5) is 15.9. The number of benzene rings is 1. The first-order valence-electron chi connectivity index (χ1n) is 5.62. The van der Waals surface area contributed by atoms with Crippen molar-refractivity contribution in [3.8, 4) is 0 Å². The van der Waals surface area contributed by atoms with Crippen molar-refractivity contribution in [1.82, 2.24) is 10.3 Å². The zero-order chi connectivity index (χ0) is 13.0. The van der Waals surface area contributed by atoms with Crippen LogP contribution in [-0.4, -0.2) is 10.9 Å². The van der Waals surface area contributed by atoms with E-state index in [-0.39, 0.29) is 18.3 Å². The van der Waals surface area contributed by atoms with Crippen LogP contribution in [-0.2, 0) is 6.54 Å². The molecule has 2 aromatic rings. The Morgan fingerprint density at radius 3 is 2.72 bits per heavy atom. The molecule has 0 bridgehead atoms. The van der Waals surface area contributed by atoms with Crippen LogP contribution >= 0.6 is 0 Å². The van der Waals surface area contributed by atoms with Gasteiger partial charge in [0.1, 0.15) is 11.5 Å². The average Bonchev–Trinajstić information content (AvgIpc) is 2.37. The molecule has 1 aromatic carbocycles. The second kappa shape index (κ2) is 5.40. The minimum absolute atomic E-state index is 0.154. The van der Waals surface area contributed by atoms with Gasteiger partial charge in [-0.25, -0.2) is 9.37 Å². The molecule has 0 aliphatic rings. The molecular formula is C14H13FN2O. The smallest absolute Gasteiger partial charge is 0.270 e. The van der Waals surface area contributed by atoms with Crippen LogP contribution in [0, 0.1) is 12.7 Å². The maximum Gasteiger partial charge on any atom is 0.270 e. The fraction of sp³-hybridized carbons (Fsp3) is 0.143. The van der Waals surface area contributed by atoms with Crippen molar-refractivity contribution in [1.29, 1.82) is 0 Å². The van der Waals surface area contributed by atoms with Gasteiger partial charge in [-0.1, -0.05) is 24.3 Å². The summed E-state index contributed by atoms with van der Waals surface area (Å²) >= 11 is 0. The first-order valence-corrected chi connectivity index (χ1v) is 5.62. The molecule has 0 atom stereocenters. The molecule has 0 fully saturated rings. The number of pyridine rings is 1. The van der Waals surface area contributed by atoms with E-state index in [1.807, 2.05) is 13.0 Å². The highest BCUT2D eigenvalue weighted by molar-refractivity contribution is 5.92. The first kappa shape index (κ1) is 12.2. The molecule has 2 rings (SSSR count). The standard InChI is InChI=1S/C14H13FN2O/c1-10-5-4-8-13(17-10)14(18)16-9-11-6-2-3-7-12(11)15/h2-8H,9H2,1H3,(H,16,18). The van der Waals surface area contributed by atoms with Gasteiger partial charge in [0, 0.05) is 17.8 Å². The molecule has 1 amide bonds. The molecule has 0 saturated carbocycles. The van der Waals surface area contributed by atoms with Gasteiger partial charge in [0.05, 0.1) is 0 Å². The molecule has 0 aliphatic heterocycles. The Morgan fingerprint density at radius 1 is 1.22 bits per heavy atom. The van der Waals surface area contributed by atoms with Gasteiger partial charge >= 0.3 is 0 Å². The minimum atomic E-state index is -0.324. The van der Waals surface area contributed by atoms with Crippen molar-refractivity contribution in [3.63, 3.8) is 0 Å². The number of rotatable bonds is 3. The van der Waals surface area contributed by atoms with Crippen molar-refractivity contribution >= 4 is 5.91 Å². The normalized spacial score (nSPS) is 10.1. The highest BCUT2D eigenvalue weighted by atomic mass is 19.1. The Kier molecular flexibility index (Phi) is 3.67. The van der Waals surface area contributed by atoms with E-state index in [2.05, 4.69) is 10.3 Å². The number of aryl methyl sites for hydroxylation is 1. The van der Waals surface area contributed by atoms with Gasteiger partial charge in [0.25, 0.3) is 5.91 Å². The molecule has 1 aromatic heterocycles. The van der Waals surface area contributed by atoms with E-state index in [1.165, 1.54) is 6.07 Å². The molecule has 0 saturated heterocycles. The number of halogens is 1. The number of carbonyl (C=O) groups is 1. The molecular weight excluding hydrogens is 231 g/mol. The highest BCUT2D eigenvalue weighted by Crippen LogP contribution is 2.06. The molecule has 18 heavy (non-hydrogen) atoms. The maximum atomic E-state index is 13.3. The van der Waals surface area contributed by atoms with Gasteiger partial charge < -0.3 is 5.32 Å². The summed E-state index contributed by atoms with van der Waals surface area (Å²) in [7, 11) is 0. The zero-order valence-electron chi connectivity index (χ0n) is 9.98. The summed E-state index contributed by atoms with van der Waals surface area (Å²) in [6.07, 6.45) is 0. The fourth-order valence-corrected chi connectivity index (χ4v) is 1.58. The molecule has 0 unspecified atom stereocenters. The summed E-state index contributed by atoms with van der Waals surface area (Å²) in [5.74, 6) is -0.628. The van der Waals surface area contributed by atoms with E-state index in [0.717, 1.165) is 5.69 Å². The second-order valence-corrected chi connectivity index (χ2v) is 3.94. The third-order valence-corrected chi connectivity index (χ3v) is 2.52. The number of aromatic nitrogens is 1. The van der Waals surface area contributed by atoms with Crippen molar-refractivity contribution in [3.05, 3.63) is 65.2 Å². The third-order valence-electron chi connectivity index (χ3n) is 2.52. The van der Waals surface area contributed by atoms with Crippen LogP contribution in [0.1, 0.15) is 21.7 Å². The van der Waals surface area contributed by atoms with Crippen LogP contribution in [0.3, 0.4) is 0 Å². The van der Waals surface area contributed by atoms with E-state index >= 15 is 0 Å². The van der Waals surface area contributed by atoms with Gasteiger partial charge in [-0.05, 0) is 25.1 Å². The molecule has 0 spiro atoms. The largest absolute Gasteiger partial charge is 0.347 e. The molecule has 4 heteroatoms. The highest BCUT2D eigenvalue weighted by Gasteiger charge is 2.08. The number of hydrogen-bond donors (Lipinski definition) is 1. The Labute approximate surface area is 105 Å². The van der Waals surface area contributed by atoms with Crippen LogP contribution in [0.5, 0.6) is 0 Å². The summed E-state index contributed by atoms with van der Waals surface area (Å²) in [5, 5.41) is 2.64. The van der Waals surface area contributed by atoms with Crippen molar-refractivity contribution < 1.29 is 9.18 Å². The SMILES string of the molecule is Cc1cccc(C(=O)NCc2ccccc2F)n1. The van der Waals surface area contributed by atoms with Crippen molar-refractivity contribution in [2.75, 3.05) is 0 Å². The lowest BCUT2D eigenvalue weighted by atomic mass is 10.2. The topological polar surface area (TPSA) is 42.0 Å². The van der Waals surface area contributed by atoms with Crippen LogP contribution in [0.25, 0.3) is 0 Å². The summed E-state index contributed by atoms with van der Waals surface area (Å²) in [5.41, 5.74) is 1.57. The van der Waals surface area contributed by atoms with Crippen LogP contribution in [0.2, 0.25) is 0 Å². The molecule has 3 nitrogen and oxygen atoms in total. The monoisotopic (exact) mass is 244 g/mol. The molecule has 92 valence electrons. The number of hydrogen-bond acceptors (Lipinski definition) is 2. The fourth-order valence-electron chi connectivity index (χ4n) is 1.58. The Balaban J connectivity index is 2.03. The number of amides is 1. The predicted molar refractivity (Wildman–Crippen MR) is 66.5 cm³/mol. The van der Waals surface area contributed by atoms with Gasteiger partial charge in [-0.15, -0.1) is 0 Å². The Hall–Kier alpha value is -2.23.